The Morgan fingerprint density at radius 2 is 1.20 bits per heavy atom. The number of nitrogens with zero attached hydrogens (tertiary/aromatic N) is 1. The van der Waals surface area contributed by atoms with Crippen molar-refractivity contribution in [3.8, 4) is 0 Å². The van der Waals surface area contributed by atoms with Gasteiger partial charge in [-0.2, -0.15) is 0 Å². The molecule has 3 aromatic carbocycles. The molecule has 0 spiro atoms. The number of hydrogen-bond donors (Lipinski definition) is 1. The van der Waals surface area contributed by atoms with Crippen LogP contribution in [-0.2, 0) is 10.3 Å². The minimum absolute atomic E-state index is 0.0638. The van der Waals surface area contributed by atoms with E-state index in [-0.39, 0.29) is 17.5 Å². The maximum atomic E-state index is 11.9. The molecule has 1 aliphatic rings. The standard InChI is InChI=1S/C26H27BrN2O/c27-20-25(30)28-24-16-18-29(19-17-24)26(21-10-4-1-5-11-21,22-12-6-2-7-13-22)23-14-8-3-9-15-23/h1-15,24H,16-20H2,(H,28,30). The van der Waals surface area contributed by atoms with Crippen LogP contribution in [-0.4, -0.2) is 35.3 Å². The van der Waals surface area contributed by atoms with Gasteiger partial charge in [0, 0.05) is 19.1 Å². The highest BCUT2D eigenvalue weighted by Crippen LogP contribution is 2.43. The zero-order valence-corrected chi connectivity index (χ0v) is 18.6. The lowest BCUT2D eigenvalue weighted by Gasteiger charge is -2.48. The molecule has 1 fully saturated rings. The number of carbonyl (C=O) groups is 1. The minimum Gasteiger partial charge on any atom is -0.353 e. The van der Waals surface area contributed by atoms with E-state index in [1.807, 2.05) is 0 Å². The molecular formula is C26H27BrN2O. The van der Waals surface area contributed by atoms with E-state index >= 15 is 0 Å². The van der Waals surface area contributed by atoms with E-state index in [4.69, 9.17) is 0 Å². The number of piperidine rings is 1. The van der Waals surface area contributed by atoms with Gasteiger partial charge in [0.25, 0.3) is 0 Å². The van der Waals surface area contributed by atoms with Gasteiger partial charge >= 0.3 is 0 Å². The molecule has 1 amide bonds. The largest absolute Gasteiger partial charge is 0.353 e. The number of likely N-dealkylation sites (tertiary alicyclic amines) is 1. The van der Waals surface area contributed by atoms with Gasteiger partial charge in [-0.25, -0.2) is 0 Å². The van der Waals surface area contributed by atoms with Gasteiger partial charge < -0.3 is 5.32 Å². The molecule has 3 nitrogen and oxygen atoms in total. The third-order valence-electron chi connectivity index (χ3n) is 6.03. The van der Waals surface area contributed by atoms with Crippen molar-refractivity contribution in [2.45, 2.75) is 24.4 Å². The molecule has 0 unspecified atom stereocenters. The molecule has 30 heavy (non-hydrogen) atoms. The molecule has 154 valence electrons. The number of nitrogens with one attached hydrogen (secondary N) is 1. The molecule has 0 atom stereocenters. The van der Waals surface area contributed by atoms with E-state index in [2.05, 4.69) is 117 Å². The lowest BCUT2D eigenvalue weighted by molar-refractivity contribution is -0.119. The molecule has 1 heterocycles. The monoisotopic (exact) mass is 462 g/mol. The van der Waals surface area contributed by atoms with Gasteiger partial charge in [0.2, 0.25) is 5.91 Å². The van der Waals surface area contributed by atoms with E-state index in [1.165, 1.54) is 16.7 Å². The Kier molecular flexibility index (Phi) is 6.66. The van der Waals surface area contributed by atoms with Gasteiger partial charge in [-0.05, 0) is 29.5 Å². The summed E-state index contributed by atoms with van der Waals surface area (Å²) < 4.78 is 0. The van der Waals surface area contributed by atoms with Gasteiger partial charge in [-0.3, -0.25) is 9.69 Å². The van der Waals surface area contributed by atoms with Crippen molar-refractivity contribution in [1.29, 1.82) is 0 Å². The van der Waals surface area contributed by atoms with Crippen LogP contribution in [0, 0.1) is 0 Å². The maximum Gasteiger partial charge on any atom is 0.230 e. The lowest BCUT2D eigenvalue weighted by atomic mass is 9.74. The molecule has 1 aliphatic heterocycles. The summed E-state index contributed by atoms with van der Waals surface area (Å²) in [6, 6.07) is 32.6. The number of hydrogen-bond acceptors (Lipinski definition) is 2. The zero-order chi connectivity index (χ0) is 20.8. The predicted octanol–water partition coefficient (Wildman–Crippen LogP) is 4.95. The molecule has 4 rings (SSSR count). The van der Waals surface area contributed by atoms with Crippen LogP contribution in [0.2, 0.25) is 0 Å². The van der Waals surface area contributed by atoms with Gasteiger partial charge in [0.1, 0.15) is 0 Å². The molecule has 0 radical (unpaired) electrons. The van der Waals surface area contributed by atoms with Crippen LogP contribution in [0.25, 0.3) is 0 Å². The Morgan fingerprint density at radius 3 is 1.57 bits per heavy atom. The van der Waals surface area contributed by atoms with Crippen molar-refractivity contribution in [3.05, 3.63) is 108 Å². The Bertz CT molecular complexity index is 842. The highest BCUT2D eigenvalue weighted by atomic mass is 79.9. The SMILES string of the molecule is O=C(CBr)NC1CCN(C(c2ccccc2)(c2ccccc2)c2ccccc2)CC1. The molecule has 3 aromatic rings. The normalized spacial score (nSPS) is 15.6. The van der Waals surface area contributed by atoms with Crippen molar-refractivity contribution in [1.82, 2.24) is 10.2 Å². The summed E-state index contributed by atoms with van der Waals surface area (Å²) in [6.07, 6.45) is 1.87. The molecule has 4 heteroatoms. The van der Waals surface area contributed by atoms with Crippen LogP contribution in [0.15, 0.2) is 91.0 Å². The van der Waals surface area contributed by atoms with E-state index in [0.29, 0.717) is 5.33 Å². The van der Waals surface area contributed by atoms with E-state index < -0.39 is 0 Å². The van der Waals surface area contributed by atoms with Crippen molar-refractivity contribution >= 4 is 21.8 Å². The summed E-state index contributed by atoms with van der Waals surface area (Å²) >= 11 is 3.25. The van der Waals surface area contributed by atoms with Crippen molar-refractivity contribution < 1.29 is 4.79 Å². The number of halogens is 1. The quantitative estimate of drug-likeness (QED) is 0.414. The second-order valence-electron chi connectivity index (χ2n) is 7.77. The summed E-state index contributed by atoms with van der Waals surface area (Å²) in [7, 11) is 0. The van der Waals surface area contributed by atoms with Gasteiger partial charge in [0.15, 0.2) is 0 Å². The second-order valence-corrected chi connectivity index (χ2v) is 8.33. The smallest absolute Gasteiger partial charge is 0.230 e. The van der Waals surface area contributed by atoms with Gasteiger partial charge in [0.05, 0.1) is 10.9 Å². The van der Waals surface area contributed by atoms with Crippen LogP contribution in [0.5, 0.6) is 0 Å². The number of benzene rings is 3. The summed E-state index contributed by atoms with van der Waals surface area (Å²) in [5.74, 6) is 0.0638. The van der Waals surface area contributed by atoms with Crippen LogP contribution in [0.1, 0.15) is 29.5 Å². The lowest BCUT2D eigenvalue weighted by Crippen LogP contribution is -2.54. The second kappa shape index (κ2) is 9.59. The van der Waals surface area contributed by atoms with Crippen LogP contribution < -0.4 is 5.32 Å². The Balaban J connectivity index is 1.79. The average molecular weight is 463 g/mol. The fourth-order valence-corrected chi connectivity index (χ4v) is 4.87. The third kappa shape index (κ3) is 4.07. The molecular weight excluding hydrogens is 436 g/mol. The summed E-state index contributed by atoms with van der Waals surface area (Å²) in [5, 5.41) is 3.50. The van der Waals surface area contributed by atoms with Crippen molar-refractivity contribution in [2.75, 3.05) is 18.4 Å². The van der Waals surface area contributed by atoms with E-state index in [0.717, 1.165) is 25.9 Å². The Morgan fingerprint density at radius 1 is 0.800 bits per heavy atom. The first-order chi connectivity index (χ1) is 14.7. The Hall–Kier alpha value is -2.43. The van der Waals surface area contributed by atoms with Gasteiger partial charge in [-0.1, -0.05) is 107 Å². The summed E-state index contributed by atoms with van der Waals surface area (Å²) in [4.78, 5) is 14.4. The summed E-state index contributed by atoms with van der Waals surface area (Å²) in [6.45, 7) is 1.82. The first kappa shape index (κ1) is 20.8. The minimum atomic E-state index is -0.367. The zero-order valence-electron chi connectivity index (χ0n) is 17.0. The number of alkyl halides is 1. The summed E-state index contributed by atoms with van der Waals surface area (Å²) in [5.41, 5.74) is 3.44. The first-order valence-corrected chi connectivity index (χ1v) is 11.6. The van der Waals surface area contributed by atoms with Gasteiger partial charge in [-0.15, -0.1) is 0 Å². The Labute approximate surface area is 187 Å². The molecule has 0 bridgehead atoms. The molecule has 1 N–H and O–H groups in total. The highest BCUT2D eigenvalue weighted by Gasteiger charge is 2.43. The number of amides is 1. The van der Waals surface area contributed by atoms with Crippen LogP contribution in [0.3, 0.4) is 0 Å². The fourth-order valence-electron chi connectivity index (χ4n) is 4.71. The van der Waals surface area contributed by atoms with Crippen molar-refractivity contribution in [3.63, 3.8) is 0 Å². The molecule has 0 aromatic heterocycles. The maximum absolute atomic E-state index is 11.9. The highest BCUT2D eigenvalue weighted by molar-refractivity contribution is 9.09. The van der Waals surface area contributed by atoms with E-state index in [1.54, 1.807) is 0 Å². The molecule has 0 saturated carbocycles. The first-order valence-electron chi connectivity index (χ1n) is 10.5. The number of rotatable bonds is 6. The van der Waals surface area contributed by atoms with Crippen molar-refractivity contribution in [2.24, 2.45) is 0 Å². The number of carbonyl (C=O) groups excluding carboxylic acids is 1. The molecule has 0 aliphatic carbocycles. The fraction of sp³-hybridized carbons (Fsp3) is 0.269. The van der Waals surface area contributed by atoms with E-state index in [9.17, 15) is 4.79 Å². The topological polar surface area (TPSA) is 32.3 Å². The molecule has 1 saturated heterocycles. The van der Waals surface area contributed by atoms with Crippen LogP contribution >= 0.6 is 15.9 Å². The average Bonchev–Trinajstić information content (AvgIpc) is 2.83. The van der Waals surface area contributed by atoms with Crippen LogP contribution in [0.4, 0.5) is 0 Å². The predicted molar refractivity (Wildman–Crippen MR) is 126 cm³/mol. The third-order valence-corrected chi connectivity index (χ3v) is 6.54.